The van der Waals surface area contributed by atoms with Gasteiger partial charge in [0.05, 0.1) is 30.6 Å². The van der Waals surface area contributed by atoms with E-state index >= 15 is 0 Å². The molecule has 7 heteroatoms. The van der Waals surface area contributed by atoms with Crippen LogP contribution in [0.5, 0.6) is 0 Å². The van der Waals surface area contributed by atoms with Crippen molar-refractivity contribution in [1.82, 2.24) is 15.1 Å². The fraction of sp³-hybridized carbons (Fsp3) is 0.300. The normalized spacial score (nSPS) is 17.9. The fourth-order valence-electron chi connectivity index (χ4n) is 3.42. The molecule has 0 bridgehead atoms. The molecule has 0 radical (unpaired) electrons. The van der Waals surface area contributed by atoms with Crippen molar-refractivity contribution >= 4 is 5.97 Å². The van der Waals surface area contributed by atoms with Gasteiger partial charge in [-0.15, -0.1) is 0 Å². The maximum absolute atomic E-state index is 11.4. The number of aryl methyl sites for hydroxylation is 1. The van der Waals surface area contributed by atoms with E-state index in [1.54, 1.807) is 24.4 Å². The Labute approximate surface area is 156 Å². The molecule has 1 saturated heterocycles. The van der Waals surface area contributed by atoms with Crippen LogP contribution in [0.4, 0.5) is 0 Å². The van der Waals surface area contributed by atoms with Crippen molar-refractivity contribution in [1.29, 1.82) is 0 Å². The Morgan fingerprint density at radius 2 is 2.19 bits per heavy atom. The van der Waals surface area contributed by atoms with Crippen LogP contribution in [-0.4, -0.2) is 45.9 Å². The van der Waals surface area contributed by atoms with E-state index in [4.69, 9.17) is 9.15 Å². The number of carboxylic acids is 1. The Bertz CT molecular complexity index is 946. The molecule has 7 nitrogen and oxygen atoms in total. The maximum Gasteiger partial charge on any atom is 0.336 e. The molecule has 1 atom stereocenters. The molecule has 2 N–H and O–H groups in total. The lowest BCUT2D eigenvalue weighted by Gasteiger charge is -2.32. The van der Waals surface area contributed by atoms with Crippen LogP contribution in [0, 0.1) is 6.92 Å². The summed E-state index contributed by atoms with van der Waals surface area (Å²) >= 11 is 0. The molecule has 1 aliphatic heterocycles. The molecule has 1 fully saturated rings. The molecular weight excluding hydrogens is 346 g/mol. The Balaban J connectivity index is 1.48. The van der Waals surface area contributed by atoms with Crippen LogP contribution in [0.1, 0.15) is 33.5 Å². The van der Waals surface area contributed by atoms with Gasteiger partial charge in [-0.3, -0.25) is 10.00 Å². The number of rotatable bonds is 5. The lowest BCUT2D eigenvalue weighted by atomic mass is 10.1. The van der Waals surface area contributed by atoms with E-state index < -0.39 is 5.97 Å². The van der Waals surface area contributed by atoms with E-state index in [0.29, 0.717) is 24.5 Å². The summed E-state index contributed by atoms with van der Waals surface area (Å²) < 4.78 is 11.8. The van der Waals surface area contributed by atoms with Crippen LogP contribution < -0.4 is 0 Å². The van der Waals surface area contributed by atoms with Gasteiger partial charge in [-0.2, -0.15) is 5.10 Å². The number of hydrogen-bond acceptors (Lipinski definition) is 5. The summed E-state index contributed by atoms with van der Waals surface area (Å²) in [6, 6.07) is 10.6. The molecule has 0 saturated carbocycles. The van der Waals surface area contributed by atoms with E-state index in [1.165, 1.54) is 0 Å². The van der Waals surface area contributed by atoms with Crippen molar-refractivity contribution in [3.63, 3.8) is 0 Å². The number of furan rings is 1. The first-order valence-corrected chi connectivity index (χ1v) is 8.87. The molecule has 0 amide bonds. The van der Waals surface area contributed by atoms with Crippen molar-refractivity contribution in [2.45, 2.75) is 19.6 Å². The number of nitrogens with one attached hydrogen (secondary N) is 1. The number of carboxylic acid groups (broad SMARTS) is 1. The number of aromatic nitrogens is 2. The van der Waals surface area contributed by atoms with Gasteiger partial charge in [0.25, 0.3) is 0 Å². The third kappa shape index (κ3) is 3.65. The molecular formula is C20H21N3O4. The van der Waals surface area contributed by atoms with Crippen LogP contribution in [0.15, 0.2) is 47.0 Å². The second kappa shape index (κ2) is 7.38. The van der Waals surface area contributed by atoms with Gasteiger partial charge in [0.1, 0.15) is 17.6 Å². The molecule has 27 heavy (non-hydrogen) atoms. The highest BCUT2D eigenvalue weighted by atomic mass is 16.5. The second-order valence-corrected chi connectivity index (χ2v) is 6.68. The minimum Gasteiger partial charge on any atom is -0.478 e. The first-order valence-electron chi connectivity index (χ1n) is 8.87. The number of morpholine rings is 1. The molecule has 3 heterocycles. The Kier molecular flexibility index (Phi) is 4.79. The van der Waals surface area contributed by atoms with Crippen LogP contribution >= 0.6 is 0 Å². The van der Waals surface area contributed by atoms with Crippen LogP contribution in [0.25, 0.3) is 11.3 Å². The lowest BCUT2D eigenvalue weighted by Crippen LogP contribution is -2.38. The number of ether oxygens (including phenoxy) is 1. The number of H-pyrrole nitrogens is 1. The first-order chi connectivity index (χ1) is 13.1. The van der Waals surface area contributed by atoms with Crippen LogP contribution in [0.2, 0.25) is 0 Å². The number of hydrogen-bond donors (Lipinski definition) is 2. The summed E-state index contributed by atoms with van der Waals surface area (Å²) in [5.41, 5.74) is 2.92. The van der Waals surface area contributed by atoms with E-state index in [1.807, 2.05) is 25.1 Å². The molecule has 3 aromatic rings. The van der Waals surface area contributed by atoms with E-state index in [9.17, 15) is 9.90 Å². The third-order valence-electron chi connectivity index (χ3n) is 4.80. The van der Waals surface area contributed by atoms with Gasteiger partial charge in [-0.25, -0.2) is 4.79 Å². The molecule has 1 unspecified atom stereocenters. The molecule has 2 aromatic heterocycles. The molecule has 1 aromatic carbocycles. The minimum absolute atomic E-state index is 0.0385. The number of aromatic amines is 1. The van der Waals surface area contributed by atoms with Gasteiger partial charge >= 0.3 is 5.97 Å². The third-order valence-corrected chi connectivity index (χ3v) is 4.80. The zero-order valence-electron chi connectivity index (χ0n) is 15.0. The van der Waals surface area contributed by atoms with Gasteiger partial charge in [0.15, 0.2) is 0 Å². The van der Waals surface area contributed by atoms with Gasteiger partial charge in [-0.05, 0) is 30.7 Å². The van der Waals surface area contributed by atoms with Crippen molar-refractivity contribution in [3.8, 4) is 11.3 Å². The highest BCUT2D eigenvalue weighted by Crippen LogP contribution is 2.28. The predicted molar refractivity (Wildman–Crippen MR) is 98.4 cm³/mol. The zero-order valence-corrected chi connectivity index (χ0v) is 15.0. The summed E-state index contributed by atoms with van der Waals surface area (Å²) in [6.45, 7) is 4.84. The summed E-state index contributed by atoms with van der Waals surface area (Å²) in [5, 5.41) is 16.5. The Morgan fingerprint density at radius 1 is 1.33 bits per heavy atom. The summed E-state index contributed by atoms with van der Waals surface area (Å²) in [7, 11) is 0. The van der Waals surface area contributed by atoms with Crippen molar-refractivity contribution in [3.05, 3.63) is 65.2 Å². The minimum atomic E-state index is -0.963. The number of benzene rings is 1. The smallest absolute Gasteiger partial charge is 0.336 e. The van der Waals surface area contributed by atoms with E-state index in [2.05, 4.69) is 15.1 Å². The molecule has 4 rings (SSSR count). The highest BCUT2D eigenvalue weighted by Gasteiger charge is 2.25. The Morgan fingerprint density at radius 3 is 2.96 bits per heavy atom. The second-order valence-electron chi connectivity index (χ2n) is 6.68. The van der Waals surface area contributed by atoms with Gasteiger partial charge < -0.3 is 14.3 Å². The largest absolute Gasteiger partial charge is 0.478 e. The fourth-order valence-corrected chi connectivity index (χ4v) is 3.42. The van der Waals surface area contributed by atoms with Gasteiger partial charge in [-0.1, -0.05) is 18.2 Å². The van der Waals surface area contributed by atoms with E-state index in [-0.39, 0.29) is 11.7 Å². The predicted octanol–water partition coefficient (Wildman–Crippen LogP) is 3.25. The summed E-state index contributed by atoms with van der Waals surface area (Å²) in [4.78, 5) is 13.7. The lowest BCUT2D eigenvalue weighted by molar-refractivity contribution is -0.0369. The van der Waals surface area contributed by atoms with Gasteiger partial charge in [0.2, 0.25) is 0 Å². The van der Waals surface area contributed by atoms with Crippen molar-refractivity contribution in [2.75, 3.05) is 19.7 Å². The Hall–Kier alpha value is -2.90. The number of aromatic carboxylic acids is 1. The first kappa shape index (κ1) is 17.5. The summed E-state index contributed by atoms with van der Waals surface area (Å²) in [5.74, 6) is 0.402. The quantitative estimate of drug-likeness (QED) is 0.719. The van der Waals surface area contributed by atoms with Crippen molar-refractivity contribution in [2.24, 2.45) is 0 Å². The zero-order chi connectivity index (χ0) is 18.8. The highest BCUT2D eigenvalue weighted by molar-refractivity contribution is 5.95. The molecule has 0 aliphatic carbocycles. The van der Waals surface area contributed by atoms with Crippen LogP contribution in [-0.2, 0) is 11.3 Å². The standard InChI is InChI=1S/C20H21N3O4/c1-13-10-21-22-19(13)18-12-23(8-9-26-18)11-14-6-7-17(27-14)15-4-2-3-5-16(15)20(24)25/h2-7,10,18H,8-9,11-12H2,1H3,(H,21,22)(H,24,25). The topological polar surface area (TPSA) is 91.6 Å². The van der Waals surface area contributed by atoms with Gasteiger partial charge in [0, 0.05) is 18.7 Å². The monoisotopic (exact) mass is 367 g/mol. The van der Waals surface area contributed by atoms with Crippen molar-refractivity contribution < 1.29 is 19.1 Å². The molecule has 140 valence electrons. The maximum atomic E-state index is 11.4. The van der Waals surface area contributed by atoms with E-state index in [0.717, 1.165) is 30.1 Å². The molecule has 1 aliphatic rings. The van der Waals surface area contributed by atoms with Crippen LogP contribution in [0.3, 0.4) is 0 Å². The SMILES string of the molecule is Cc1cn[nH]c1C1CN(Cc2ccc(-c3ccccc3C(=O)O)o2)CCO1. The number of carbonyl (C=O) groups is 1. The average Bonchev–Trinajstić information content (AvgIpc) is 3.31. The molecule has 0 spiro atoms. The average molecular weight is 367 g/mol. The number of nitrogens with zero attached hydrogens (tertiary/aromatic N) is 2. The summed E-state index contributed by atoms with van der Waals surface area (Å²) in [6.07, 6.45) is 1.76.